The molecular weight excluding hydrogens is 236 g/mol. The molecule has 0 bridgehead atoms. The van der Waals surface area contributed by atoms with Crippen LogP contribution < -0.4 is 0 Å². The van der Waals surface area contributed by atoms with Crippen LogP contribution in [0.25, 0.3) is 0 Å². The number of alkyl halides is 3. The van der Waals surface area contributed by atoms with E-state index in [9.17, 15) is 13.2 Å². The molecule has 0 aliphatic heterocycles. The van der Waals surface area contributed by atoms with Gasteiger partial charge in [-0.15, -0.1) is 0 Å². The summed E-state index contributed by atoms with van der Waals surface area (Å²) in [6.45, 7) is 2.79. The van der Waals surface area contributed by atoms with Crippen LogP contribution >= 0.6 is 23.2 Å². The molecule has 0 radical (unpaired) electrons. The normalized spacial score (nSPS) is 11.9. The molecule has 0 heterocycles. The van der Waals surface area contributed by atoms with Crippen molar-refractivity contribution in [1.82, 2.24) is 0 Å². The summed E-state index contributed by atoms with van der Waals surface area (Å²) in [5, 5.41) is -0.196. The molecule has 0 aromatic heterocycles. The van der Waals surface area contributed by atoms with Crippen molar-refractivity contribution in [2.45, 2.75) is 20.0 Å². The second-order valence-corrected chi connectivity index (χ2v) is 3.77. The lowest BCUT2D eigenvalue weighted by molar-refractivity contribution is -0.138. The zero-order valence-electron chi connectivity index (χ0n) is 7.47. The fourth-order valence-corrected chi connectivity index (χ4v) is 1.74. The minimum absolute atomic E-state index is 0.0326. The van der Waals surface area contributed by atoms with E-state index >= 15 is 0 Å². The van der Waals surface area contributed by atoms with E-state index in [1.807, 2.05) is 0 Å². The summed E-state index contributed by atoms with van der Waals surface area (Å²) < 4.78 is 37.6. The van der Waals surface area contributed by atoms with Crippen molar-refractivity contribution in [3.8, 4) is 0 Å². The Morgan fingerprint density at radius 3 is 2.07 bits per heavy atom. The molecule has 0 nitrogen and oxygen atoms in total. The Hall–Kier alpha value is -0.410. The summed E-state index contributed by atoms with van der Waals surface area (Å²) in [5.41, 5.74) is -0.548. The Bertz CT molecular complexity index is 343. The highest BCUT2D eigenvalue weighted by molar-refractivity contribution is 6.35. The second kappa shape index (κ2) is 3.63. The Labute approximate surface area is 89.6 Å². The molecule has 1 aromatic rings. The average molecular weight is 243 g/mol. The van der Waals surface area contributed by atoms with Gasteiger partial charge in [0.25, 0.3) is 0 Å². The van der Waals surface area contributed by atoms with Crippen LogP contribution in [0.4, 0.5) is 13.2 Å². The van der Waals surface area contributed by atoms with Gasteiger partial charge in [-0.1, -0.05) is 23.2 Å². The van der Waals surface area contributed by atoms with Gasteiger partial charge in [-0.05, 0) is 31.0 Å². The average Bonchev–Trinajstić information content (AvgIpc) is 1.98. The van der Waals surface area contributed by atoms with Crippen LogP contribution in [0.1, 0.15) is 16.7 Å². The zero-order valence-corrected chi connectivity index (χ0v) is 8.98. The standard InChI is InChI=1S/C9H7Cl2F3/c1-4-3-6(10)5(2)7(8(4)11)9(12,13)14/h3H,1-2H3. The first-order valence-electron chi connectivity index (χ1n) is 3.77. The van der Waals surface area contributed by atoms with E-state index in [-0.39, 0.29) is 15.6 Å². The molecule has 14 heavy (non-hydrogen) atoms. The van der Waals surface area contributed by atoms with Crippen molar-refractivity contribution in [2.24, 2.45) is 0 Å². The fourth-order valence-electron chi connectivity index (χ4n) is 1.18. The van der Waals surface area contributed by atoms with E-state index in [1.54, 1.807) is 0 Å². The lowest BCUT2D eigenvalue weighted by atomic mass is 10.0. The predicted octanol–water partition coefficient (Wildman–Crippen LogP) is 4.63. The van der Waals surface area contributed by atoms with Gasteiger partial charge in [0.05, 0.1) is 10.6 Å². The number of hydrogen-bond donors (Lipinski definition) is 0. The third kappa shape index (κ3) is 1.98. The van der Waals surface area contributed by atoms with Gasteiger partial charge in [-0.3, -0.25) is 0 Å². The minimum Gasteiger partial charge on any atom is -0.166 e. The van der Waals surface area contributed by atoms with Gasteiger partial charge in [-0.2, -0.15) is 13.2 Å². The maximum Gasteiger partial charge on any atom is 0.418 e. The van der Waals surface area contributed by atoms with Gasteiger partial charge in [0.2, 0.25) is 0 Å². The van der Waals surface area contributed by atoms with E-state index in [1.165, 1.54) is 19.9 Å². The van der Waals surface area contributed by atoms with E-state index in [4.69, 9.17) is 23.2 Å². The van der Waals surface area contributed by atoms with Crippen LogP contribution in [-0.4, -0.2) is 0 Å². The van der Waals surface area contributed by atoms with Crippen molar-refractivity contribution in [3.05, 3.63) is 32.8 Å². The molecule has 0 amide bonds. The van der Waals surface area contributed by atoms with Gasteiger partial charge in [0.15, 0.2) is 0 Å². The van der Waals surface area contributed by atoms with Crippen molar-refractivity contribution in [1.29, 1.82) is 0 Å². The number of benzene rings is 1. The molecule has 78 valence electrons. The molecule has 0 aliphatic carbocycles. The van der Waals surface area contributed by atoms with Crippen LogP contribution in [0.3, 0.4) is 0 Å². The van der Waals surface area contributed by atoms with Crippen LogP contribution in [0.15, 0.2) is 6.07 Å². The number of aryl methyl sites for hydroxylation is 1. The largest absolute Gasteiger partial charge is 0.418 e. The number of halogens is 5. The Kier molecular flexibility index (Phi) is 3.02. The highest BCUT2D eigenvalue weighted by Crippen LogP contribution is 2.40. The van der Waals surface area contributed by atoms with Crippen molar-refractivity contribution in [2.75, 3.05) is 0 Å². The summed E-state index contributed by atoms with van der Waals surface area (Å²) in [6.07, 6.45) is -4.46. The first kappa shape index (κ1) is 11.7. The SMILES string of the molecule is Cc1cc(Cl)c(C)c(C(F)(F)F)c1Cl. The summed E-state index contributed by atoms with van der Waals surface area (Å²) in [6, 6.07) is 1.43. The molecule has 0 N–H and O–H groups in total. The van der Waals surface area contributed by atoms with E-state index < -0.39 is 11.7 Å². The summed E-state index contributed by atoms with van der Waals surface area (Å²) in [5.74, 6) is 0. The van der Waals surface area contributed by atoms with Crippen LogP contribution in [0, 0.1) is 13.8 Å². The highest BCUT2D eigenvalue weighted by Gasteiger charge is 2.36. The van der Waals surface area contributed by atoms with Crippen LogP contribution in [0.2, 0.25) is 10.0 Å². The second-order valence-electron chi connectivity index (χ2n) is 2.99. The Morgan fingerprint density at radius 1 is 1.14 bits per heavy atom. The topological polar surface area (TPSA) is 0 Å². The molecule has 0 spiro atoms. The number of rotatable bonds is 0. The first-order chi connectivity index (χ1) is 6.25. The molecule has 0 aliphatic rings. The molecule has 5 heteroatoms. The van der Waals surface area contributed by atoms with Crippen molar-refractivity contribution >= 4 is 23.2 Å². The van der Waals surface area contributed by atoms with Crippen LogP contribution in [0.5, 0.6) is 0 Å². The quantitative estimate of drug-likeness (QED) is 0.623. The van der Waals surface area contributed by atoms with Crippen molar-refractivity contribution in [3.63, 3.8) is 0 Å². The molecule has 0 saturated heterocycles. The Balaban J connectivity index is 3.56. The lowest BCUT2D eigenvalue weighted by Gasteiger charge is -2.15. The highest BCUT2D eigenvalue weighted by atomic mass is 35.5. The third-order valence-corrected chi connectivity index (χ3v) is 2.81. The fraction of sp³-hybridized carbons (Fsp3) is 0.333. The molecule has 0 unspecified atom stereocenters. The molecule has 1 aromatic carbocycles. The van der Waals surface area contributed by atoms with E-state index in [0.29, 0.717) is 5.56 Å². The molecule has 1 rings (SSSR count). The van der Waals surface area contributed by atoms with Gasteiger partial charge in [0.1, 0.15) is 0 Å². The van der Waals surface area contributed by atoms with Gasteiger partial charge in [0, 0.05) is 5.02 Å². The van der Waals surface area contributed by atoms with Crippen molar-refractivity contribution < 1.29 is 13.2 Å². The van der Waals surface area contributed by atoms with E-state index in [0.717, 1.165) is 0 Å². The van der Waals surface area contributed by atoms with Crippen LogP contribution in [-0.2, 0) is 6.18 Å². The molecular formula is C9H7Cl2F3. The van der Waals surface area contributed by atoms with Gasteiger partial charge < -0.3 is 0 Å². The predicted molar refractivity (Wildman–Crippen MR) is 50.9 cm³/mol. The lowest BCUT2D eigenvalue weighted by Crippen LogP contribution is -2.09. The third-order valence-electron chi connectivity index (χ3n) is 1.93. The zero-order chi connectivity index (χ0) is 11.1. The first-order valence-corrected chi connectivity index (χ1v) is 4.53. The summed E-state index contributed by atoms with van der Waals surface area (Å²) >= 11 is 11.2. The summed E-state index contributed by atoms with van der Waals surface area (Å²) in [7, 11) is 0. The summed E-state index contributed by atoms with van der Waals surface area (Å²) in [4.78, 5) is 0. The van der Waals surface area contributed by atoms with E-state index in [2.05, 4.69) is 0 Å². The maximum absolute atomic E-state index is 12.5. The molecule has 0 atom stereocenters. The maximum atomic E-state index is 12.5. The number of hydrogen-bond acceptors (Lipinski definition) is 0. The molecule has 0 fully saturated rings. The smallest absolute Gasteiger partial charge is 0.166 e. The molecule has 0 saturated carbocycles. The minimum atomic E-state index is -4.46. The monoisotopic (exact) mass is 242 g/mol. The van der Waals surface area contributed by atoms with Gasteiger partial charge in [-0.25, -0.2) is 0 Å². The van der Waals surface area contributed by atoms with Gasteiger partial charge >= 0.3 is 6.18 Å². The Morgan fingerprint density at radius 2 is 1.64 bits per heavy atom.